The van der Waals surface area contributed by atoms with E-state index in [2.05, 4.69) is 13.2 Å². The predicted molar refractivity (Wildman–Crippen MR) is 46.3 cm³/mol. The lowest BCUT2D eigenvalue weighted by Crippen LogP contribution is -1.93. The van der Waals surface area contributed by atoms with Crippen LogP contribution >= 0.6 is 0 Å². The number of benzene rings is 1. The Morgan fingerprint density at radius 2 is 2.08 bits per heavy atom. The molecule has 0 radical (unpaired) electrons. The fourth-order valence-electron chi connectivity index (χ4n) is 0.741. The molecule has 1 aromatic rings. The minimum atomic E-state index is -0.761. The van der Waals surface area contributed by atoms with Crippen LogP contribution in [0.25, 0.3) is 0 Å². The Balaban J connectivity index is 2.89. The number of halogens is 2. The van der Waals surface area contributed by atoms with Gasteiger partial charge in [-0.3, -0.25) is 0 Å². The average Bonchev–Trinajstić information content (AvgIpc) is 2.09. The maximum Gasteiger partial charge on any atom is 0.168 e. The van der Waals surface area contributed by atoms with Gasteiger partial charge < -0.3 is 4.74 Å². The Morgan fingerprint density at radius 1 is 1.38 bits per heavy atom. The maximum atomic E-state index is 12.9. The van der Waals surface area contributed by atoms with Crippen molar-refractivity contribution in [2.75, 3.05) is 0 Å². The van der Waals surface area contributed by atoms with E-state index in [0.717, 1.165) is 12.1 Å². The van der Waals surface area contributed by atoms with Crippen molar-refractivity contribution in [1.82, 2.24) is 0 Å². The Labute approximate surface area is 75.0 Å². The van der Waals surface area contributed by atoms with Crippen molar-refractivity contribution in [3.8, 4) is 5.75 Å². The van der Waals surface area contributed by atoms with E-state index in [1.807, 2.05) is 0 Å². The van der Waals surface area contributed by atoms with Crippen LogP contribution < -0.4 is 4.74 Å². The minimum Gasteiger partial charge on any atom is -0.455 e. The van der Waals surface area contributed by atoms with E-state index in [1.54, 1.807) is 0 Å². The largest absolute Gasteiger partial charge is 0.455 e. The second kappa shape index (κ2) is 3.85. The van der Waals surface area contributed by atoms with Gasteiger partial charge in [-0.2, -0.15) is 0 Å². The van der Waals surface area contributed by atoms with Crippen LogP contribution in [0, 0.1) is 11.6 Å². The Hall–Kier alpha value is -1.64. The van der Waals surface area contributed by atoms with Gasteiger partial charge in [-0.25, -0.2) is 8.78 Å². The average molecular weight is 182 g/mol. The first-order chi connectivity index (χ1) is 6.13. The lowest BCUT2D eigenvalue weighted by atomic mass is 10.3. The number of ether oxygens (including phenoxy) is 1. The van der Waals surface area contributed by atoms with Crippen LogP contribution in [0.5, 0.6) is 5.75 Å². The van der Waals surface area contributed by atoms with Gasteiger partial charge in [-0.05, 0) is 18.2 Å². The van der Waals surface area contributed by atoms with Gasteiger partial charge in [0.1, 0.15) is 11.6 Å². The molecule has 13 heavy (non-hydrogen) atoms. The van der Waals surface area contributed by atoms with E-state index in [1.165, 1.54) is 12.1 Å². The zero-order valence-electron chi connectivity index (χ0n) is 6.89. The molecule has 0 saturated carbocycles. The Bertz CT molecular complexity index is 345. The molecule has 0 saturated heterocycles. The van der Waals surface area contributed by atoms with E-state index < -0.39 is 11.6 Å². The van der Waals surface area contributed by atoms with Crippen molar-refractivity contribution in [1.29, 1.82) is 0 Å². The van der Waals surface area contributed by atoms with Gasteiger partial charge in [0.15, 0.2) is 11.6 Å². The minimum absolute atomic E-state index is 0.0636. The molecule has 0 atom stereocenters. The highest BCUT2D eigenvalue weighted by Crippen LogP contribution is 2.19. The topological polar surface area (TPSA) is 9.23 Å². The molecule has 0 spiro atoms. The maximum absolute atomic E-state index is 12.9. The van der Waals surface area contributed by atoms with Crippen molar-refractivity contribution in [2.45, 2.75) is 0 Å². The van der Waals surface area contributed by atoms with Gasteiger partial charge in [0.2, 0.25) is 0 Å². The summed E-state index contributed by atoms with van der Waals surface area (Å²) in [6, 6.07) is 3.04. The molecule has 3 heteroatoms. The van der Waals surface area contributed by atoms with E-state index in [-0.39, 0.29) is 11.5 Å². The standard InChI is InChI=1S/C10H8F2O/c1-3-7(2)13-10-5-4-8(11)6-9(10)12/h3-6H,1-2H2. The molecule has 1 nitrogen and oxygen atoms in total. The van der Waals surface area contributed by atoms with E-state index >= 15 is 0 Å². The summed E-state index contributed by atoms with van der Waals surface area (Å²) in [4.78, 5) is 0. The molecule has 0 aliphatic heterocycles. The molecule has 0 heterocycles. The van der Waals surface area contributed by atoms with E-state index in [4.69, 9.17) is 4.74 Å². The summed E-state index contributed by atoms with van der Waals surface area (Å²) < 4.78 is 30.2. The summed E-state index contributed by atoms with van der Waals surface area (Å²) >= 11 is 0. The molecule has 1 rings (SSSR count). The van der Waals surface area contributed by atoms with Crippen molar-refractivity contribution in [3.05, 3.63) is 54.8 Å². The zero-order valence-corrected chi connectivity index (χ0v) is 6.89. The van der Waals surface area contributed by atoms with E-state index in [9.17, 15) is 8.78 Å². The molecule has 0 unspecified atom stereocenters. The van der Waals surface area contributed by atoms with Crippen LogP contribution in [0.3, 0.4) is 0 Å². The van der Waals surface area contributed by atoms with Crippen LogP contribution in [-0.2, 0) is 0 Å². The third-order valence-corrected chi connectivity index (χ3v) is 1.36. The summed E-state index contributed by atoms with van der Waals surface area (Å²) in [5.41, 5.74) is 0. The molecule has 0 aromatic heterocycles. The lowest BCUT2D eigenvalue weighted by Gasteiger charge is -2.05. The van der Waals surface area contributed by atoms with Crippen LogP contribution in [0.2, 0.25) is 0 Å². The Kier molecular flexibility index (Phi) is 2.80. The molecule has 0 fully saturated rings. The van der Waals surface area contributed by atoms with Crippen molar-refractivity contribution in [2.24, 2.45) is 0 Å². The second-order valence-corrected chi connectivity index (χ2v) is 2.35. The third-order valence-electron chi connectivity index (χ3n) is 1.36. The SMILES string of the molecule is C=CC(=C)Oc1ccc(F)cc1F. The quantitative estimate of drug-likeness (QED) is 0.515. The molecule has 0 bridgehead atoms. The first kappa shape index (κ1) is 9.45. The molecule has 1 aromatic carbocycles. The molecular formula is C10H8F2O. The van der Waals surface area contributed by atoms with Crippen molar-refractivity contribution < 1.29 is 13.5 Å². The molecule has 0 N–H and O–H groups in total. The summed E-state index contributed by atoms with van der Waals surface area (Å²) in [5, 5.41) is 0. The summed E-state index contributed by atoms with van der Waals surface area (Å²) in [6.07, 6.45) is 1.34. The first-order valence-electron chi connectivity index (χ1n) is 3.57. The van der Waals surface area contributed by atoms with Gasteiger partial charge in [-0.15, -0.1) is 0 Å². The van der Waals surface area contributed by atoms with Gasteiger partial charge in [0, 0.05) is 6.07 Å². The van der Waals surface area contributed by atoms with Crippen molar-refractivity contribution in [3.63, 3.8) is 0 Å². The van der Waals surface area contributed by atoms with Gasteiger partial charge >= 0.3 is 0 Å². The summed E-state index contributed by atoms with van der Waals surface area (Å²) in [6.45, 7) is 6.81. The smallest absolute Gasteiger partial charge is 0.168 e. The Morgan fingerprint density at radius 3 is 2.62 bits per heavy atom. The first-order valence-corrected chi connectivity index (χ1v) is 3.57. The van der Waals surface area contributed by atoms with Gasteiger partial charge in [0.25, 0.3) is 0 Å². The fraction of sp³-hybridized carbons (Fsp3) is 0. The van der Waals surface area contributed by atoms with Crippen molar-refractivity contribution >= 4 is 0 Å². The molecular weight excluding hydrogens is 174 g/mol. The monoisotopic (exact) mass is 182 g/mol. The highest BCUT2D eigenvalue weighted by Gasteiger charge is 2.04. The number of hydrogen-bond acceptors (Lipinski definition) is 1. The van der Waals surface area contributed by atoms with Crippen LogP contribution in [0.15, 0.2) is 43.2 Å². The summed E-state index contributed by atoms with van der Waals surface area (Å²) in [5.74, 6) is -1.26. The highest BCUT2D eigenvalue weighted by atomic mass is 19.1. The zero-order chi connectivity index (χ0) is 9.84. The second-order valence-electron chi connectivity index (χ2n) is 2.35. The molecule has 68 valence electrons. The lowest BCUT2D eigenvalue weighted by molar-refractivity contribution is 0.411. The van der Waals surface area contributed by atoms with E-state index in [0.29, 0.717) is 0 Å². The van der Waals surface area contributed by atoms with Crippen LogP contribution in [0.1, 0.15) is 0 Å². The highest BCUT2D eigenvalue weighted by molar-refractivity contribution is 5.27. The normalized spacial score (nSPS) is 9.38. The number of allylic oxidation sites excluding steroid dienone is 1. The van der Waals surface area contributed by atoms with Gasteiger partial charge in [0.05, 0.1) is 0 Å². The molecule has 0 amide bonds. The summed E-state index contributed by atoms with van der Waals surface area (Å²) in [7, 11) is 0. The number of hydrogen-bond donors (Lipinski definition) is 0. The van der Waals surface area contributed by atoms with Gasteiger partial charge in [-0.1, -0.05) is 13.2 Å². The molecule has 0 aliphatic carbocycles. The molecule has 0 aliphatic rings. The third kappa shape index (κ3) is 2.40. The number of rotatable bonds is 3. The predicted octanol–water partition coefficient (Wildman–Crippen LogP) is 3.04. The van der Waals surface area contributed by atoms with Crippen LogP contribution in [0.4, 0.5) is 8.78 Å². The van der Waals surface area contributed by atoms with Crippen LogP contribution in [-0.4, -0.2) is 0 Å². The fourth-order valence-corrected chi connectivity index (χ4v) is 0.741.